The third kappa shape index (κ3) is 6.24. The van der Waals surface area contributed by atoms with Crippen molar-refractivity contribution in [2.45, 2.75) is 34.1 Å². The highest BCUT2D eigenvalue weighted by Gasteiger charge is 2.23. The number of hydrogen-bond donors (Lipinski definition) is 0. The molecule has 27 heavy (non-hydrogen) atoms. The van der Waals surface area contributed by atoms with Crippen LogP contribution >= 0.6 is 0 Å². The lowest BCUT2D eigenvalue weighted by Gasteiger charge is -2.35. The molecule has 2 rings (SSSR count). The average molecular weight is 376 g/mol. The maximum atomic E-state index is 12.4. The molecular formula is C21H33N3O3. The summed E-state index contributed by atoms with van der Waals surface area (Å²) in [5, 5.41) is 0. The fraction of sp³-hybridized carbons (Fsp3) is 0.619. The van der Waals surface area contributed by atoms with Crippen LogP contribution in [0.2, 0.25) is 0 Å². The number of carbonyl (C=O) groups excluding carboxylic acids is 2. The topological polar surface area (TPSA) is 53.1 Å². The van der Waals surface area contributed by atoms with Gasteiger partial charge in [0.25, 0.3) is 0 Å². The first-order valence-electron chi connectivity index (χ1n) is 9.92. The minimum atomic E-state index is 0.120. The van der Waals surface area contributed by atoms with E-state index in [1.807, 2.05) is 49.6 Å². The summed E-state index contributed by atoms with van der Waals surface area (Å²) in [6, 6.07) is 6.09. The van der Waals surface area contributed by atoms with Gasteiger partial charge < -0.3 is 14.5 Å². The molecule has 0 atom stereocenters. The van der Waals surface area contributed by atoms with Crippen LogP contribution in [0.1, 0.15) is 31.4 Å². The SMILES string of the molecule is CCN(CC)C(=O)CN1CCN(C(=O)CCOc2cc(C)ccc2C)CC1. The van der Waals surface area contributed by atoms with Gasteiger partial charge >= 0.3 is 0 Å². The number of hydrogen-bond acceptors (Lipinski definition) is 4. The molecule has 1 fully saturated rings. The van der Waals surface area contributed by atoms with E-state index < -0.39 is 0 Å². The van der Waals surface area contributed by atoms with Crippen LogP contribution in [-0.4, -0.2) is 78.9 Å². The first-order valence-corrected chi connectivity index (χ1v) is 9.92. The molecule has 0 unspecified atom stereocenters. The Hall–Kier alpha value is -2.08. The summed E-state index contributed by atoms with van der Waals surface area (Å²) in [4.78, 5) is 30.5. The smallest absolute Gasteiger partial charge is 0.236 e. The minimum absolute atomic E-state index is 0.120. The lowest BCUT2D eigenvalue weighted by atomic mass is 10.1. The van der Waals surface area contributed by atoms with Gasteiger partial charge in [0.15, 0.2) is 0 Å². The molecule has 1 aromatic carbocycles. The van der Waals surface area contributed by atoms with Gasteiger partial charge in [-0.15, -0.1) is 0 Å². The highest BCUT2D eigenvalue weighted by molar-refractivity contribution is 5.78. The van der Waals surface area contributed by atoms with Crippen LogP contribution < -0.4 is 4.74 Å². The van der Waals surface area contributed by atoms with E-state index in [1.54, 1.807) is 0 Å². The largest absolute Gasteiger partial charge is 0.493 e. The Morgan fingerprint density at radius 3 is 2.37 bits per heavy atom. The average Bonchev–Trinajstić information content (AvgIpc) is 2.66. The second-order valence-corrected chi connectivity index (χ2v) is 7.09. The van der Waals surface area contributed by atoms with Gasteiger partial charge in [-0.3, -0.25) is 14.5 Å². The van der Waals surface area contributed by atoms with Crippen LogP contribution in [-0.2, 0) is 9.59 Å². The van der Waals surface area contributed by atoms with Crippen LogP contribution in [0.5, 0.6) is 5.75 Å². The fourth-order valence-electron chi connectivity index (χ4n) is 3.29. The predicted molar refractivity (Wildman–Crippen MR) is 107 cm³/mol. The van der Waals surface area contributed by atoms with Crippen LogP contribution in [0.25, 0.3) is 0 Å². The second-order valence-electron chi connectivity index (χ2n) is 7.09. The number of benzene rings is 1. The Morgan fingerprint density at radius 2 is 1.74 bits per heavy atom. The van der Waals surface area contributed by atoms with E-state index in [1.165, 1.54) is 0 Å². The van der Waals surface area contributed by atoms with E-state index in [2.05, 4.69) is 11.0 Å². The molecule has 6 nitrogen and oxygen atoms in total. The zero-order valence-corrected chi connectivity index (χ0v) is 17.2. The minimum Gasteiger partial charge on any atom is -0.493 e. The number of piperazine rings is 1. The molecule has 1 aromatic rings. The Kier molecular flexibility index (Phi) is 8.10. The Labute approximate surface area is 163 Å². The van der Waals surface area contributed by atoms with Crippen molar-refractivity contribution < 1.29 is 14.3 Å². The van der Waals surface area contributed by atoms with E-state index in [9.17, 15) is 9.59 Å². The fourth-order valence-corrected chi connectivity index (χ4v) is 3.29. The van der Waals surface area contributed by atoms with E-state index >= 15 is 0 Å². The van der Waals surface area contributed by atoms with Crippen LogP contribution in [0.3, 0.4) is 0 Å². The summed E-state index contributed by atoms with van der Waals surface area (Å²) < 4.78 is 5.80. The molecule has 1 heterocycles. The monoisotopic (exact) mass is 375 g/mol. The summed E-state index contributed by atoms with van der Waals surface area (Å²) in [6.45, 7) is 13.2. The number of rotatable bonds is 8. The van der Waals surface area contributed by atoms with Crippen molar-refractivity contribution in [1.82, 2.24) is 14.7 Å². The molecule has 0 radical (unpaired) electrons. The third-order valence-corrected chi connectivity index (χ3v) is 5.12. The van der Waals surface area contributed by atoms with Crippen LogP contribution in [0.15, 0.2) is 18.2 Å². The predicted octanol–water partition coefficient (Wildman–Crippen LogP) is 2.08. The second kappa shape index (κ2) is 10.3. The number of nitrogens with zero attached hydrogens (tertiary/aromatic N) is 3. The quantitative estimate of drug-likeness (QED) is 0.698. The van der Waals surface area contributed by atoms with Crippen molar-refractivity contribution in [2.24, 2.45) is 0 Å². The lowest BCUT2D eigenvalue weighted by molar-refractivity contribution is -0.135. The highest BCUT2D eigenvalue weighted by atomic mass is 16.5. The van der Waals surface area contributed by atoms with Crippen molar-refractivity contribution >= 4 is 11.8 Å². The molecule has 150 valence electrons. The Bertz CT molecular complexity index is 636. The van der Waals surface area contributed by atoms with E-state index in [4.69, 9.17) is 4.74 Å². The number of ether oxygens (including phenoxy) is 1. The molecule has 0 aliphatic carbocycles. The van der Waals surface area contributed by atoms with Crippen molar-refractivity contribution in [3.63, 3.8) is 0 Å². The van der Waals surface area contributed by atoms with Gasteiger partial charge in [-0.1, -0.05) is 12.1 Å². The van der Waals surface area contributed by atoms with Crippen molar-refractivity contribution in [1.29, 1.82) is 0 Å². The van der Waals surface area contributed by atoms with E-state index in [-0.39, 0.29) is 11.8 Å². The van der Waals surface area contributed by atoms with Gasteiger partial charge in [-0.05, 0) is 44.9 Å². The molecule has 0 bridgehead atoms. The summed E-state index contributed by atoms with van der Waals surface area (Å²) in [5.74, 6) is 1.14. The maximum Gasteiger partial charge on any atom is 0.236 e. The van der Waals surface area contributed by atoms with Crippen molar-refractivity contribution in [3.05, 3.63) is 29.3 Å². The molecule has 0 aromatic heterocycles. The highest BCUT2D eigenvalue weighted by Crippen LogP contribution is 2.19. The number of amides is 2. The van der Waals surface area contributed by atoms with Gasteiger partial charge in [0.1, 0.15) is 5.75 Å². The zero-order chi connectivity index (χ0) is 19.8. The summed E-state index contributed by atoms with van der Waals surface area (Å²) >= 11 is 0. The molecule has 1 saturated heterocycles. The third-order valence-electron chi connectivity index (χ3n) is 5.12. The molecule has 1 aliphatic rings. The van der Waals surface area contributed by atoms with Crippen molar-refractivity contribution in [3.8, 4) is 5.75 Å². The number of carbonyl (C=O) groups is 2. The zero-order valence-electron chi connectivity index (χ0n) is 17.2. The van der Waals surface area contributed by atoms with Crippen LogP contribution in [0, 0.1) is 13.8 Å². The Balaban J connectivity index is 1.71. The molecule has 1 aliphatic heterocycles. The van der Waals surface area contributed by atoms with Gasteiger partial charge in [-0.25, -0.2) is 0 Å². The molecule has 2 amide bonds. The summed E-state index contributed by atoms with van der Waals surface area (Å²) in [6.07, 6.45) is 0.381. The van der Waals surface area contributed by atoms with Gasteiger partial charge in [-0.2, -0.15) is 0 Å². The van der Waals surface area contributed by atoms with Crippen molar-refractivity contribution in [2.75, 3.05) is 52.4 Å². The Morgan fingerprint density at radius 1 is 1.07 bits per heavy atom. The van der Waals surface area contributed by atoms with E-state index in [0.717, 1.165) is 43.1 Å². The van der Waals surface area contributed by atoms with Gasteiger partial charge in [0.2, 0.25) is 11.8 Å². The van der Waals surface area contributed by atoms with E-state index in [0.29, 0.717) is 32.7 Å². The molecule has 0 saturated carbocycles. The van der Waals surface area contributed by atoms with Gasteiger partial charge in [0.05, 0.1) is 19.6 Å². The molecular weight excluding hydrogens is 342 g/mol. The maximum absolute atomic E-state index is 12.4. The summed E-state index contributed by atoms with van der Waals surface area (Å²) in [7, 11) is 0. The number of likely N-dealkylation sites (N-methyl/N-ethyl adjacent to an activating group) is 1. The number of aryl methyl sites for hydroxylation is 2. The molecule has 6 heteroatoms. The normalized spacial score (nSPS) is 14.9. The lowest BCUT2D eigenvalue weighted by Crippen LogP contribution is -2.51. The van der Waals surface area contributed by atoms with Crippen LogP contribution in [0.4, 0.5) is 0 Å². The van der Waals surface area contributed by atoms with Gasteiger partial charge in [0, 0.05) is 39.3 Å². The molecule has 0 N–H and O–H groups in total. The standard InChI is InChI=1S/C21H33N3O3/c1-5-23(6-2)21(26)16-22-10-12-24(13-11-22)20(25)9-14-27-19-15-17(3)7-8-18(19)4/h7-8,15H,5-6,9-14,16H2,1-4H3. The summed E-state index contributed by atoms with van der Waals surface area (Å²) in [5.41, 5.74) is 2.23. The first kappa shape index (κ1) is 21.2. The molecule has 0 spiro atoms. The first-order chi connectivity index (χ1) is 12.9.